The summed E-state index contributed by atoms with van der Waals surface area (Å²) in [6.45, 7) is 1.62. The molecule has 15 heavy (non-hydrogen) atoms. The van der Waals surface area contributed by atoms with E-state index in [1.54, 1.807) is 17.6 Å². The second kappa shape index (κ2) is 3.66. The highest BCUT2D eigenvalue weighted by Gasteiger charge is 2.21. The molecular formula is C10H9BrN2O2. The highest BCUT2D eigenvalue weighted by atomic mass is 79.9. The average Bonchev–Trinajstić information content (AvgIpc) is 2.56. The first-order valence-corrected chi connectivity index (χ1v) is 5.26. The Balaban J connectivity index is 2.63. The van der Waals surface area contributed by atoms with Gasteiger partial charge in [0.15, 0.2) is 0 Å². The van der Waals surface area contributed by atoms with Crippen LogP contribution in [0.5, 0.6) is 0 Å². The van der Waals surface area contributed by atoms with Gasteiger partial charge in [0.05, 0.1) is 21.6 Å². The van der Waals surface area contributed by atoms with E-state index in [4.69, 9.17) is 5.11 Å². The number of carboxylic acid groups (broad SMARTS) is 1. The Hall–Kier alpha value is -1.36. The first-order chi connectivity index (χ1) is 7.11. The summed E-state index contributed by atoms with van der Waals surface area (Å²) in [7, 11) is 0. The van der Waals surface area contributed by atoms with Crippen molar-refractivity contribution in [3.05, 3.63) is 34.6 Å². The Morgan fingerprint density at radius 3 is 2.93 bits per heavy atom. The molecule has 2 rings (SSSR count). The monoisotopic (exact) mass is 268 g/mol. The highest BCUT2D eigenvalue weighted by molar-refractivity contribution is 9.10. The van der Waals surface area contributed by atoms with Crippen molar-refractivity contribution in [2.45, 2.75) is 12.8 Å². The third-order valence-electron chi connectivity index (χ3n) is 2.29. The fourth-order valence-electron chi connectivity index (χ4n) is 1.38. The van der Waals surface area contributed by atoms with Crippen molar-refractivity contribution >= 4 is 27.4 Å². The number of aliphatic carboxylic acids is 1. The van der Waals surface area contributed by atoms with Crippen molar-refractivity contribution in [3.63, 3.8) is 0 Å². The minimum Gasteiger partial charge on any atom is -0.481 e. The lowest BCUT2D eigenvalue weighted by atomic mass is 10.1. The molecule has 2 heterocycles. The molecule has 78 valence electrons. The van der Waals surface area contributed by atoms with E-state index in [1.165, 1.54) is 0 Å². The van der Waals surface area contributed by atoms with Gasteiger partial charge >= 0.3 is 5.97 Å². The van der Waals surface area contributed by atoms with Crippen molar-refractivity contribution in [2.75, 3.05) is 0 Å². The van der Waals surface area contributed by atoms with Crippen LogP contribution in [0, 0.1) is 0 Å². The van der Waals surface area contributed by atoms with Crippen LogP contribution in [0.15, 0.2) is 28.9 Å². The zero-order valence-electron chi connectivity index (χ0n) is 8.01. The topological polar surface area (TPSA) is 54.6 Å². The van der Waals surface area contributed by atoms with Crippen molar-refractivity contribution < 1.29 is 9.90 Å². The molecule has 2 aromatic rings. The number of pyridine rings is 1. The Morgan fingerprint density at radius 1 is 1.60 bits per heavy atom. The predicted octanol–water partition coefficient (Wildman–Crippen LogP) is 2.28. The summed E-state index contributed by atoms with van der Waals surface area (Å²) >= 11 is 3.37. The first kappa shape index (κ1) is 10.2. The normalized spacial score (nSPS) is 12.9. The lowest BCUT2D eigenvalue weighted by molar-refractivity contribution is -0.138. The molecular weight excluding hydrogens is 260 g/mol. The number of rotatable bonds is 2. The summed E-state index contributed by atoms with van der Waals surface area (Å²) in [5.74, 6) is -1.49. The van der Waals surface area contributed by atoms with Gasteiger partial charge in [-0.25, -0.2) is 4.52 Å². The quantitative estimate of drug-likeness (QED) is 0.909. The number of fused-ring (bicyclic) bond motifs is 1. The van der Waals surface area contributed by atoms with Gasteiger partial charge in [-0.2, -0.15) is 5.10 Å². The van der Waals surface area contributed by atoms with Crippen LogP contribution in [0.25, 0.3) is 5.52 Å². The smallest absolute Gasteiger partial charge is 0.312 e. The maximum atomic E-state index is 10.9. The van der Waals surface area contributed by atoms with E-state index >= 15 is 0 Å². The summed E-state index contributed by atoms with van der Waals surface area (Å²) in [4.78, 5) is 10.9. The van der Waals surface area contributed by atoms with Gasteiger partial charge in [-0.3, -0.25) is 4.79 Å². The number of carboxylic acids is 1. The summed E-state index contributed by atoms with van der Waals surface area (Å²) in [6.07, 6.45) is 1.79. The molecule has 1 atom stereocenters. The van der Waals surface area contributed by atoms with Crippen LogP contribution in [0.3, 0.4) is 0 Å². The van der Waals surface area contributed by atoms with E-state index < -0.39 is 11.9 Å². The second-order valence-corrected chi connectivity index (χ2v) is 4.08. The number of halogens is 1. The maximum absolute atomic E-state index is 10.9. The van der Waals surface area contributed by atoms with Crippen molar-refractivity contribution in [2.24, 2.45) is 0 Å². The molecule has 0 saturated carbocycles. The molecule has 0 radical (unpaired) electrons. The molecule has 1 N–H and O–H groups in total. The van der Waals surface area contributed by atoms with Crippen LogP contribution in [0.4, 0.5) is 0 Å². The Labute approximate surface area is 94.7 Å². The van der Waals surface area contributed by atoms with Crippen LogP contribution in [-0.4, -0.2) is 20.7 Å². The predicted molar refractivity (Wildman–Crippen MR) is 58.9 cm³/mol. The van der Waals surface area contributed by atoms with Gasteiger partial charge in [-0.15, -0.1) is 0 Å². The summed E-state index contributed by atoms with van der Waals surface area (Å²) in [6, 6.07) is 5.62. The van der Waals surface area contributed by atoms with Crippen LogP contribution in [-0.2, 0) is 4.79 Å². The average molecular weight is 269 g/mol. The van der Waals surface area contributed by atoms with Gasteiger partial charge in [0.1, 0.15) is 0 Å². The van der Waals surface area contributed by atoms with Gasteiger partial charge in [0, 0.05) is 6.20 Å². The first-order valence-electron chi connectivity index (χ1n) is 4.47. The fraction of sp³-hybridized carbons (Fsp3) is 0.200. The van der Waals surface area contributed by atoms with Crippen LogP contribution in [0.2, 0.25) is 0 Å². The van der Waals surface area contributed by atoms with Gasteiger partial charge < -0.3 is 5.11 Å². The highest BCUT2D eigenvalue weighted by Crippen LogP contribution is 2.28. The van der Waals surface area contributed by atoms with Gasteiger partial charge in [0.2, 0.25) is 0 Å². The number of aromatic nitrogens is 2. The molecule has 4 nitrogen and oxygen atoms in total. The summed E-state index contributed by atoms with van der Waals surface area (Å²) < 4.78 is 2.41. The molecule has 0 saturated heterocycles. The van der Waals surface area contributed by atoms with E-state index in [1.807, 2.05) is 18.2 Å². The molecule has 0 amide bonds. The maximum Gasteiger partial charge on any atom is 0.312 e. The molecule has 0 bridgehead atoms. The standard InChI is InChI=1S/C10H9BrN2O2/c1-6(10(14)15)9-8(11)7-4-2-3-5-13(7)12-9/h2-6H,1H3,(H,14,15). The lowest BCUT2D eigenvalue weighted by Gasteiger charge is -2.01. The van der Waals surface area contributed by atoms with E-state index in [9.17, 15) is 4.79 Å². The number of carbonyl (C=O) groups is 1. The second-order valence-electron chi connectivity index (χ2n) is 3.29. The lowest BCUT2D eigenvalue weighted by Crippen LogP contribution is -2.08. The Bertz CT molecular complexity index is 521. The van der Waals surface area contributed by atoms with E-state index in [2.05, 4.69) is 21.0 Å². The van der Waals surface area contributed by atoms with Gasteiger partial charge in [0.25, 0.3) is 0 Å². The van der Waals surface area contributed by atoms with Crippen LogP contribution in [0.1, 0.15) is 18.5 Å². The Kier molecular flexibility index (Phi) is 2.48. The molecule has 5 heteroatoms. The fourth-order valence-corrected chi connectivity index (χ4v) is 2.12. The van der Waals surface area contributed by atoms with Crippen LogP contribution >= 0.6 is 15.9 Å². The summed E-state index contributed by atoms with van der Waals surface area (Å²) in [5, 5.41) is 13.1. The van der Waals surface area contributed by atoms with Crippen LogP contribution < -0.4 is 0 Å². The SMILES string of the molecule is CC(C(=O)O)c1nn2ccccc2c1Br. The van der Waals surface area contributed by atoms with Gasteiger partial charge in [-0.05, 0) is 35.0 Å². The van der Waals surface area contributed by atoms with E-state index in [0.717, 1.165) is 9.99 Å². The third kappa shape index (κ3) is 1.63. The third-order valence-corrected chi connectivity index (χ3v) is 3.10. The van der Waals surface area contributed by atoms with Crippen molar-refractivity contribution in [1.29, 1.82) is 0 Å². The van der Waals surface area contributed by atoms with Crippen molar-refractivity contribution in [1.82, 2.24) is 9.61 Å². The number of hydrogen-bond donors (Lipinski definition) is 1. The molecule has 0 aliphatic rings. The zero-order chi connectivity index (χ0) is 11.0. The molecule has 0 aromatic carbocycles. The van der Waals surface area contributed by atoms with E-state index in [-0.39, 0.29) is 0 Å². The summed E-state index contributed by atoms with van der Waals surface area (Å²) in [5.41, 5.74) is 1.43. The van der Waals surface area contributed by atoms with Crippen molar-refractivity contribution in [3.8, 4) is 0 Å². The Morgan fingerprint density at radius 2 is 2.33 bits per heavy atom. The zero-order valence-corrected chi connectivity index (χ0v) is 9.60. The number of hydrogen-bond acceptors (Lipinski definition) is 2. The minimum absolute atomic E-state index is 0.550. The molecule has 0 aliphatic heterocycles. The minimum atomic E-state index is -0.876. The molecule has 0 fully saturated rings. The molecule has 0 aliphatic carbocycles. The molecule has 2 aromatic heterocycles. The molecule has 0 spiro atoms. The van der Waals surface area contributed by atoms with Gasteiger partial charge in [-0.1, -0.05) is 6.07 Å². The van der Waals surface area contributed by atoms with E-state index in [0.29, 0.717) is 5.69 Å². The number of nitrogens with zero attached hydrogens (tertiary/aromatic N) is 2. The molecule has 1 unspecified atom stereocenters. The largest absolute Gasteiger partial charge is 0.481 e.